The third kappa shape index (κ3) is 2.57. The summed E-state index contributed by atoms with van der Waals surface area (Å²) in [7, 11) is 0. The molecule has 1 aromatic rings. The van der Waals surface area contributed by atoms with Crippen LogP contribution in [0, 0.1) is 5.92 Å². The molecule has 0 unspecified atom stereocenters. The number of fused-ring (bicyclic) bond motifs is 2. The second kappa shape index (κ2) is 5.66. The average molecular weight is 318 g/mol. The molecule has 2 fully saturated rings. The van der Waals surface area contributed by atoms with Crippen LogP contribution in [0.25, 0.3) is 0 Å². The first kappa shape index (κ1) is 15.5. The van der Waals surface area contributed by atoms with Crippen LogP contribution in [-0.2, 0) is 20.9 Å². The van der Waals surface area contributed by atoms with E-state index in [1.807, 2.05) is 30.3 Å². The van der Waals surface area contributed by atoms with Gasteiger partial charge in [0, 0.05) is 6.04 Å². The number of ether oxygens (including phenoxy) is 1. The first-order chi connectivity index (χ1) is 10.9. The van der Waals surface area contributed by atoms with Gasteiger partial charge in [-0.2, -0.15) is 0 Å². The molecule has 2 aliphatic rings. The Morgan fingerprint density at radius 2 is 2.00 bits per heavy atom. The molecular formula is C16H18N2O5. The van der Waals surface area contributed by atoms with Gasteiger partial charge in [0.1, 0.15) is 12.1 Å². The van der Waals surface area contributed by atoms with E-state index >= 15 is 0 Å². The van der Waals surface area contributed by atoms with E-state index in [9.17, 15) is 14.4 Å². The molecule has 1 saturated heterocycles. The fourth-order valence-electron chi connectivity index (χ4n) is 3.50. The number of nitrogens with two attached hydrogens (primary N) is 1. The third-order valence-electron chi connectivity index (χ3n) is 4.68. The van der Waals surface area contributed by atoms with Crippen LogP contribution >= 0.6 is 0 Å². The number of benzene rings is 1. The standard InChI is InChI=1S/C16H18N2O5/c17-16-8-11(18(14(16)20)15(21)22)6-7-12(16)13(19)23-9-10-4-2-1-3-5-10/h1-5,11-12H,6-9,17H2,(H,21,22)/t11-,12-,16-/m1/s1. The van der Waals surface area contributed by atoms with E-state index in [0.29, 0.717) is 12.8 Å². The van der Waals surface area contributed by atoms with Crippen molar-refractivity contribution in [3.63, 3.8) is 0 Å². The summed E-state index contributed by atoms with van der Waals surface area (Å²) < 4.78 is 5.29. The molecule has 1 aliphatic carbocycles. The van der Waals surface area contributed by atoms with Crippen LogP contribution in [0.15, 0.2) is 30.3 Å². The molecule has 7 heteroatoms. The summed E-state index contributed by atoms with van der Waals surface area (Å²) in [5.74, 6) is -2.05. The first-order valence-corrected chi connectivity index (χ1v) is 7.49. The van der Waals surface area contributed by atoms with Crippen LogP contribution in [0.3, 0.4) is 0 Å². The maximum Gasteiger partial charge on any atom is 0.414 e. The van der Waals surface area contributed by atoms with E-state index in [-0.39, 0.29) is 13.0 Å². The second-order valence-corrected chi connectivity index (χ2v) is 6.08. The van der Waals surface area contributed by atoms with Crippen LogP contribution in [0.2, 0.25) is 0 Å². The fraction of sp³-hybridized carbons (Fsp3) is 0.438. The average Bonchev–Trinajstić information content (AvgIpc) is 2.73. The number of esters is 1. The quantitative estimate of drug-likeness (QED) is 0.808. The van der Waals surface area contributed by atoms with Gasteiger partial charge < -0.3 is 15.6 Å². The normalized spacial score (nSPS) is 29.4. The number of imide groups is 1. The molecule has 122 valence electrons. The highest BCUT2D eigenvalue weighted by Gasteiger charge is 2.60. The lowest BCUT2D eigenvalue weighted by Gasteiger charge is -2.32. The Morgan fingerprint density at radius 3 is 2.65 bits per heavy atom. The summed E-state index contributed by atoms with van der Waals surface area (Å²) in [6, 6.07) is 8.75. The van der Waals surface area contributed by atoms with Crippen molar-refractivity contribution >= 4 is 18.0 Å². The van der Waals surface area contributed by atoms with E-state index in [1.54, 1.807) is 0 Å². The number of carboxylic acid groups (broad SMARTS) is 1. The van der Waals surface area contributed by atoms with E-state index in [4.69, 9.17) is 15.6 Å². The van der Waals surface area contributed by atoms with Crippen LogP contribution in [0.1, 0.15) is 24.8 Å². The zero-order chi connectivity index (χ0) is 16.6. The Labute approximate surface area is 133 Å². The lowest BCUT2D eigenvalue weighted by molar-refractivity contribution is -0.155. The topological polar surface area (TPSA) is 110 Å². The van der Waals surface area contributed by atoms with Gasteiger partial charge in [-0.1, -0.05) is 30.3 Å². The van der Waals surface area contributed by atoms with Gasteiger partial charge in [0.15, 0.2) is 0 Å². The minimum Gasteiger partial charge on any atom is -0.465 e. The molecular weight excluding hydrogens is 300 g/mol. The molecule has 3 N–H and O–H groups in total. The fourth-order valence-corrected chi connectivity index (χ4v) is 3.50. The van der Waals surface area contributed by atoms with Crippen molar-refractivity contribution < 1.29 is 24.2 Å². The molecule has 1 aromatic carbocycles. The minimum atomic E-state index is -1.48. The smallest absolute Gasteiger partial charge is 0.414 e. The van der Waals surface area contributed by atoms with Gasteiger partial charge in [0.2, 0.25) is 0 Å². The van der Waals surface area contributed by atoms with Gasteiger partial charge in [0.25, 0.3) is 5.91 Å². The Bertz CT molecular complexity index is 647. The van der Waals surface area contributed by atoms with E-state index < -0.39 is 35.5 Å². The summed E-state index contributed by atoms with van der Waals surface area (Å²) in [6.07, 6.45) is -0.360. The summed E-state index contributed by atoms with van der Waals surface area (Å²) in [5, 5.41) is 9.16. The maximum atomic E-state index is 12.4. The first-order valence-electron chi connectivity index (χ1n) is 7.49. The lowest BCUT2D eigenvalue weighted by atomic mass is 9.74. The molecule has 7 nitrogen and oxygen atoms in total. The van der Waals surface area contributed by atoms with Crippen molar-refractivity contribution in [3.05, 3.63) is 35.9 Å². The van der Waals surface area contributed by atoms with E-state index in [2.05, 4.69) is 0 Å². The van der Waals surface area contributed by atoms with Crippen LogP contribution < -0.4 is 5.73 Å². The molecule has 2 bridgehead atoms. The summed E-state index contributed by atoms with van der Waals surface area (Å²) >= 11 is 0. The third-order valence-corrected chi connectivity index (χ3v) is 4.68. The van der Waals surface area contributed by atoms with Gasteiger partial charge in [0.05, 0.1) is 5.92 Å². The van der Waals surface area contributed by atoms with Crippen molar-refractivity contribution in [2.75, 3.05) is 0 Å². The summed E-state index contributed by atoms with van der Waals surface area (Å²) in [5.41, 5.74) is 5.49. The predicted molar refractivity (Wildman–Crippen MR) is 79.2 cm³/mol. The van der Waals surface area contributed by atoms with E-state index in [1.165, 1.54) is 0 Å². The predicted octanol–water partition coefficient (Wildman–Crippen LogP) is 1.12. The number of hydrogen-bond donors (Lipinski definition) is 2. The van der Waals surface area contributed by atoms with Gasteiger partial charge >= 0.3 is 12.1 Å². The molecule has 0 aromatic heterocycles. The van der Waals surface area contributed by atoms with Crippen molar-refractivity contribution in [3.8, 4) is 0 Å². The maximum absolute atomic E-state index is 12.4. The van der Waals surface area contributed by atoms with Crippen LogP contribution in [-0.4, -0.2) is 39.6 Å². The molecule has 3 rings (SSSR count). The molecule has 1 saturated carbocycles. The molecule has 3 atom stereocenters. The lowest BCUT2D eigenvalue weighted by Crippen LogP contribution is -2.57. The Morgan fingerprint density at radius 1 is 1.30 bits per heavy atom. The Kier molecular flexibility index (Phi) is 3.81. The molecule has 1 heterocycles. The molecule has 0 radical (unpaired) electrons. The van der Waals surface area contributed by atoms with Crippen LogP contribution in [0.5, 0.6) is 0 Å². The highest BCUT2D eigenvalue weighted by atomic mass is 16.5. The highest BCUT2D eigenvalue weighted by Crippen LogP contribution is 2.42. The number of hydrogen-bond acceptors (Lipinski definition) is 5. The zero-order valence-electron chi connectivity index (χ0n) is 12.5. The number of likely N-dealkylation sites (tertiary alicyclic amines) is 1. The molecule has 0 spiro atoms. The molecule has 23 heavy (non-hydrogen) atoms. The highest BCUT2D eigenvalue weighted by molar-refractivity contribution is 6.02. The Balaban J connectivity index is 1.72. The summed E-state index contributed by atoms with van der Waals surface area (Å²) in [6.45, 7) is 0.104. The van der Waals surface area contributed by atoms with Crippen molar-refractivity contribution in [1.82, 2.24) is 4.90 Å². The summed E-state index contributed by atoms with van der Waals surface area (Å²) in [4.78, 5) is 36.7. The van der Waals surface area contributed by atoms with Crippen molar-refractivity contribution in [1.29, 1.82) is 0 Å². The van der Waals surface area contributed by atoms with Gasteiger partial charge in [-0.3, -0.25) is 9.59 Å². The molecule has 2 amide bonds. The van der Waals surface area contributed by atoms with Gasteiger partial charge in [-0.15, -0.1) is 0 Å². The zero-order valence-corrected chi connectivity index (χ0v) is 12.5. The monoisotopic (exact) mass is 318 g/mol. The number of amides is 2. The minimum absolute atomic E-state index is 0.104. The largest absolute Gasteiger partial charge is 0.465 e. The van der Waals surface area contributed by atoms with Gasteiger partial charge in [-0.05, 0) is 24.8 Å². The van der Waals surface area contributed by atoms with E-state index in [0.717, 1.165) is 10.5 Å². The van der Waals surface area contributed by atoms with Crippen LogP contribution in [0.4, 0.5) is 4.79 Å². The second-order valence-electron chi connectivity index (χ2n) is 6.08. The SMILES string of the molecule is N[C@]12C[C@@H](CC[C@@H]1C(=O)OCc1ccccc1)N(C(=O)O)C2=O. The van der Waals surface area contributed by atoms with Gasteiger partial charge in [-0.25, -0.2) is 9.69 Å². The number of rotatable bonds is 3. The Hall–Kier alpha value is -2.41. The number of nitrogens with zero attached hydrogens (tertiary/aromatic N) is 1. The number of carbonyl (C=O) groups is 3. The number of carbonyl (C=O) groups excluding carboxylic acids is 2. The van der Waals surface area contributed by atoms with Crippen molar-refractivity contribution in [2.24, 2.45) is 11.7 Å². The van der Waals surface area contributed by atoms with Crippen molar-refractivity contribution in [2.45, 2.75) is 37.5 Å². The molecule has 1 aliphatic heterocycles.